The van der Waals surface area contributed by atoms with Gasteiger partial charge in [0.05, 0.1) is 0 Å². The molecule has 3 rings (SSSR count). The van der Waals surface area contributed by atoms with Gasteiger partial charge in [-0.25, -0.2) is 0 Å². The summed E-state index contributed by atoms with van der Waals surface area (Å²) in [5, 5.41) is 7.09. The summed E-state index contributed by atoms with van der Waals surface area (Å²) >= 11 is 0. The van der Waals surface area contributed by atoms with Gasteiger partial charge in [-0.1, -0.05) is 23.8 Å². The van der Waals surface area contributed by atoms with E-state index in [0.717, 1.165) is 10.2 Å². The lowest BCUT2D eigenvalue weighted by molar-refractivity contribution is -0.123. The van der Waals surface area contributed by atoms with Gasteiger partial charge in [-0.15, -0.1) is 5.10 Å². The van der Waals surface area contributed by atoms with Crippen molar-refractivity contribution in [1.29, 1.82) is 0 Å². The average Bonchev–Trinajstić information content (AvgIpc) is 3.01. The molecule has 144 valence electrons. The average molecular weight is 380 g/mol. The van der Waals surface area contributed by atoms with Gasteiger partial charge in [0, 0.05) is 17.3 Å². The van der Waals surface area contributed by atoms with Gasteiger partial charge in [-0.3, -0.25) is 9.59 Å². The molecule has 9 heteroatoms. The molecule has 3 aromatic rings. The van der Waals surface area contributed by atoms with Gasteiger partial charge >= 0.3 is 0 Å². The van der Waals surface area contributed by atoms with E-state index in [0.29, 0.717) is 17.0 Å². The first kappa shape index (κ1) is 18.9. The Hall–Kier alpha value is -3.88. The largest absolute Gasteiger partial charge is 0.481 e. The quantitative estimate of drug-likeness (QED) is 0.593. The molecule has 5 N–H and O–H groups in total. The lowest BCUT2D eigenvalue weighted by atomic mass is 10.1. The Morgan fingerprint density at radius 2 is 1.93 bits per heavy atom. The summed E-state index contributed by atoms with van der Waals surface area (Å²) in [6.07, 6.45) is -0.768. The fourth-order valence-electron chi connectivity index (χ4n) is 2.47. The number of carbonyl (C=O) groups excluding carboxylic acids is 2. The van der Waals surface area contributed by atoms with Crippen molar-refractivity contribution in [2.75, 3.05) is 11.1 Å². The van der Waals surface area contributed by atoms with Crippen LogP contribution in [0.2, 0.25) is 0 Å². The van der Waals surface area contributed by atoms with Crippen LogP contribution in [-0.2, 0) is 4.79 Å². The van der Waals surface area contributed by atoms with Gasteiger partial charge in [-0.05, 0) is 38.1 Å². The van der Waals surface area contributed by atoms with E-state index in [4.69, 9.17) is 16.2 Å². The van der Waals surface area contributed by atoms with Crippen molar-refractivity contribution in [2.24, 2.45) is 5.73 Å². The van der Waals surface area contributed by atoms with Crippen LogP contribution in [0.15, 0.2) is 48.5 Å². The van der Waals surface area contributed by atoms with Crippen LogP contribution in [0.4, 0.5) is 17.6 Å². The minimum Gasteiger partial charge on any atom is -0.481 e. The number of nitrogens with zero attached hydrogens (tertiary/aromatic N) is 3. The Bertz CT molecular complexity index is 1030. The smallest absolute Gasteiger partial charge is 0.281 e. The highest BCUT2D eigenvalue weighted by atomic mass is 16.5. The maximum Gasteiger partial charge on any atom is 0.281 e. The van der Waals surface area contributed by atoms with Crippen LogP contribution in [-0.4, -0.2) is 32.7 Å². The third-order valence-electron chi connectivity index (χ3n) is 3.89. The Morgan fingerprint density at radius 3 is 2.64 bits per heavy atom. The number of nitrogens with two attached hydrogens (primary N) is 2. The summed E-state index contributed by atoms with van der Waals surface area (Å²) in [7, 11) is 0. The van der Waals surface area contributed by atoms with Crippen molar-refractivity contribution < 1.29 is 14.3 Å². The number of nitrogen functional groups attached to an aromatic ring is 1. The first-order valence-electron chi connectivity index (χ1n) is 8.50. The highest BCUT2D eigenvalue weighted by Gasteiger charge is 2.16. The second kappa shape index (κ2) is 7.78. The number of rotatable bonds is 6. The molecular formula is C19H20N6O3. The fraction of sp³-hybridized carbons (Fsp3) is 0.158. The number of amides is 1. The maximum atomic E-state index is 12.6. The SMILES string of the molecule is Cc1cccc(C(=O)n2nc(Nc3cccc(OC(C)C(N)=O)c3)nc2N)c1. The molecule has 0 saturated carbocycles. The molecule has 0 aliphatic rings. The first-order valence-corrected chi connectivity index (χ1v) is 8.50. The zero-order valence-corrected chi connectivity index (χ0v) is 15.4. The summed E-state index contributed by atoms with van der Waals surface area (Å²) < 4.78 is 6.49. The summed E-state index contributed by atoms with van der Waals surface area (Å²) in [4.78, 5) is 27.8. The lowest BCUT2D eigenvalue weighted by Crippen LogP contribution is -2.30. The second-order valence-corrected chi connectivity index (χ2v) is 6.20. The molecule has 0 saturated heterocycles. The van der Waals surface area contributed by atoms with Crippen LogP contribution in [0.25, 0.3) is 0 Å². The summed E-state index contributed by atoms with van der Waals surface area (Å²) in [6.45, 7) is 3.45. The molecule has 0 fully saturated rings. The topological polar surface area (TPSA) is 138 Å². The molecule has 1 heterocycles. The van der Waals surface area contributed by atoms with E-state index in [-0.39, 0.29) is 17.8 Å². The monoisotopic (exact) mass is 380 g/mol. The molecule has 9 nitrogen and oxygen atoms in total. The molecule has 0 aliphatic carbocycles. The summed E-state index contributed by atoms with van der Waals surface area (Å²) in [6, 6.07) is 13.9. The highest BCUT2D eigenvalue weighted by molar-refractivity contribution is 5.97. The lowest BCUT2D eigenvalue weighted by Gasteiger charge is -2.12. The number of aryl methyl sites for hydroxylation is 1. The predicted octanol–water partition coefficient (Wildman–Crippen LogP) is 1.85. The van der Waals surface area contributed by atoms with Crippen LogP contribution in [0.3, 0.4) is 0 Å². The van der Waals surface area contributed by atoms with Crippen molar-refractivity contribution in [1.82, 2.24) is 14.8 Å². The van der Waals surface area contributed by atoms with E-state index < -0.39 is 12.0 Å². The number of anilines is 3. The van der Waals surface area contributed by atoms with Crippen LogP contribution in [0, 0.1) is 6.92 Å². The van der Waals surface area contributed by atoms with Crippen LogP contribution < -0.4 is 21.5 Å². The highest BCUT2D eigenvalue weighted by Crippen LogP contribution is 2.21. The first-order chi connectivity index (χ1) is 13.3. The number of carbonyl (C=O) groups is 2. The van der Waals surface area contributed by atoms with E-state index in [1.165, 1.54) is 0 Å². The third-order valence-corrected chi connectivity index (χ3v) is 3.89. The zero-order chi connectivity index (χ0) is 20.3. The molecule has 2 aromatic carbocycles. The summed E-state index contributed by atoms with van der Waals surface area (Å²) in [5.41, 5.74) is 13.1. The Balaban J connectivity index is 1.78. The molecule has 0 aliphatic heterocycles. The molecule has 28 heavy (non-hydrogen) atoms. The normalized spacial score (nSPS) is 11.6. The number of ether oxygens (including phenoxy) is 1. The zero-order valence-electron chi connectivity index (χ0n) is 15.4. The molecule has 1 unspecified atom stereocenters. The molecule has 1 amide bonds. The van der Waals surface area contributed by atoms with Crippen molar-refractivity contribution in [3.8, 4) is 5.75 Å². The number of hydrogen-bond acceptors (Lipinski definition) is 7. The van der Waals surface area contributed by atoms with E-state index in [1.54, 1.807) is 49.4 Å². The van der Waals surface area contributed by atoms with E-state index in [9.17, 15) is 9.59 Å². The predicted molar refractivity (Wildman–Crippen MR) is 104 cm³/mol. The van der Waals surface area contributed by atoms with Crippen molar-refractivity contribution in [2.45, 2.75) is 20.0 Å². The molecule has 0 radical (unpaired) electrons. The van der Waals surface area contributed by atoms with Gasteiger partial charge in [0.2, 0.25) is 11.9 Å². The molecule has 0 bridgehead atoms. The van der Waals surface area contributed by atoms with Gasteiger partial charge in [0.25, 0.3) is 11.8 Å². The van der Waals surface area contributed by atoms with E-state index in [1.807, 2.05) is 13.0 Å². The second-order valence-electron chi connectivity index (χ2n) is 6.20. The van der Waals surface area contributed by atoms with E-state index in [2.05, 4.69) is 15.4 Å². The van der Waals surface area contributed by atoms with Gasteiger partial charge in [0.15, 0.2) is 6.10 Å². The Labute approximate surface area is 161 Å². The van der Waals surface area contributed by atoms with E-state index >= 15 is 0 Å². The van der Waals surface area contributed by atoms with Crippen LogP contribution >= 0.6 is 0 Å². The maximum absolute atomic E-state index is 12.6. The molecular weight excluding hydrogens is 360 g/mol. The Morgan fingerprint density at radius 1 is 1.18 bits per heavy atom. The van der Waals surface area contributed by atoms with Crippen LogP contribution in [0.1, 0.15) is 22.8 Å². The molecule has 1 atom stereocenters. The van der Waals surface area contributed by atoms with Crippen molar-refractivity contribution in [3.63, 3.8) is 0 Å². The third kappa shape index (κ3) is 4.26. The molecule has 0 spiro atoms. The van der Waals surface area contributed by atoms with Gasteiger partial charge in [-0.2, -0.15) is 9.67 Å². The van der Waals surface area contributed by atoms with Crippen molar-refractivity contribution >= 4 is 29.4 Å². The van der Waals surface area contributed by atoms with Crippen molar-refractivity contribution in [3.05, 3.63) is 59.7 Å². The minimum absolute atomic E-state index is 0.0382. The minimum atomic E-state index is -0.768. The number of nitrogens with one attached hydrogen (secondary N) is 1. The standard InChI is InChI=1S/C19H20N6O3/c1-11-5-3-6-13(9-11)17(27)25-18(21)23-19(24-25)22-14-7-4-8-15(10-14)28-12(2)16(20)26/h3-10,12H,1-2H3,(H2,20,26)(H3,21,22,23,24). The fourth-order valence-corrected chi connectivity index (χ4v) is 2.47. The number of benzene rings is 2. The van der Waals surface area contributed by atoms with Crippen LogP contribution in [0.5, 0.6) is 5.75 Å². The van der Waals surface area contributed by atoms with Gasteiger partial charge < -0.3 is 21.5 Å². The van der Waals surface area contributed by atoms with Gasteiger partial charge in [0.1, 0.15) is 5.75 Å². The number of aromatic nitrogens is 3. The summed E-state index contributed by atoms with van der Waals surface area (Å²) in [5.74, 6) is -0.391. The Kier molecular flexibility index (Phi) is 5.25. The number of hydrogen-bond donors (Lipinski definition) is 3. The number of primary amides is 1. The molecule has 1 aromatic heterocycles.